The minimum Gasteiger partial charge on any atom is -0.494 e. The molecular formula is C15H19NO5. The molecule has 0 bridgehead atoms. The first-order valence-corrected chi connectivity index (χ1v) is 6.96. The summed E-state index contributed by atoms with van der Waals surface area (Å²) in [4.78, 5) is 24.8. The van der Waals surface area contributed by atoms with E-state index < -0.39 is 18.0 Å². The minimum atomic E-state index is -1.03. The largest absolute Gasteiger partial charge is 0.494 e. The van der Waals surface area contributed by atoms with E-state index in [1.807, 2.05) is 6.92 Å². The number of β-amino-alcohol motifs (C(OH)–C–C–N with tert-alkyl or cyclic N) is 1. The highest BCUT2D eigenvalue weighted by molar-refractivity contribution is 5.94. The van der Waals surface area contributed by atoms with Gasteiger partial charge in [-0.05, 0) is 31.5 Å². The first-order chi connectivity index (χ1) is 10.0. The molecule has 1 aliphatic rings. The van der Waals surface area contributed by atoms with Gasteiger partial charge in [0.1, 0.15) is 5.75 Å². The first-order valence-electron chi connectivity index (χ1n) is 6.96. The van der Waals surface area contributed by atoms with Crippen molar-refractivity contribution in [1.29, 1.82) is 0 Å². The highest BCUT2D eigenvalue weighted by Gasteiger charge is 2.34. The van der Waals surface area contributed by atoms with Crippen LogP contribution in [0, 0.1) is 5.92 Å². The molecule has 1 heterocycles. The van der Waals surface area contributed by atoms with Crippen molar-refractivity contribution < 1.29 is 24.5 Å². The summed E-state index contributed by atoms with van der Waals surface area (Å²) in [7, 11) is 0. The van der Waals surface area contributed by atoms with Crippen LogP contribution >= 0.6 is 0 Å². The number of carboxylic acid groups (broad SMARTS) is 1. The molecule has 6 heteroatoms. The average Bonchev–Trinajstić information content (AvgIpc) is 2.46. The molecule has 114 valence electrons. The van der Waals surface area contributed by atoms with Crippen LogP contribution in [0.2, 0.25) is 0 Å². The number of likely N-dealkylation sites (tertiary alicyclic amines) is 1. The summed E-state index contributed by atoms with van der Waals surface area (Å²) in [5.74, 6) is -1.43. The van der Waals surface area contributed by atoms with Gasteiger partial charge in [-0.15, -0.1) is 0 Å². The number of aliphatic hydroxyl groups excluding tert-OH is 1. The molecular weight excluding hydrogens is 274 g/mol. The Bertz CT molecular complexity index is 531. The number of amides is 1. The van der Waals surface area contributed by atoms with Gasteiger partial charge in [-0.3, -0.25) is 9.59 Å². The molecule has 1 aromatic rings. The van der Waals surface area contributed by atoms with Crippen LogP contribution in [0.3, 0.4) is 0 Å². The van der Waals surface area contributed by atoms with E-state index in [1.54, 1.807) is 24.3 Å². The molecule has 0 saturated carbocycles. The molecule has 2 atom stereocenters. The van der Waals surface area contributed by atoms with Crippen molar-refractivity contribution in [3.05, 3.63) is 29.8 Å². The van der Waals surface area contributed by atoms with E-state index in [2.05, 4.69) is 0 Å². The Hall–Kier alpha value is -2.08. The number of carboxylic acids is 1. The number of hydrogen-bond donors (Lipinski definition) is 2. The molecule has 2 rings (SSSR count). The molecule has 21 heavy (non-hydrogen) atoms. The van der Waals surface area contributed by atoms with Crippen LogP contribution < -0.4 is 4.74 Å². The van der Waals surface area contributed by atoms with Crippen LogP contribution in [0.5, 0.6) is 5.75 Å². The monoisotopic (exact) mass is 293 g/mol. The molecule has 1 fully saturated rings. The molecule has 0 spiro atoms. The third-order valence-corrected chi connectivity index (χ3v) is 3.58. The lowest BCUT2D eigenvalue weighted by Crippen LogP contribution is -2.48. The summed E-state index contributed by atoms with van der Waals surface area (Å²) in [6, 6.07) is 6.84. The second kappa shape index (κ2) is 6.58. The molecule has 0 aromatic heterocycles. The van der Waals surface area contributed by atoms with Gasteiger partial charge in [0.05, 0.1) is 18.6 Å². The molecule has 1 saturated heterocycles. The zero-order valence-electron chi connectivity index (χ0n) is 11.9. The van der Waals surface area contributed by atoms with E-state index in [4.69, 9.17) is 9.84 Å². The standard InChI is InChI=1S/C15H19NO5/c1-2-21-11-5-3-4-10(8-11)14(18)16-7-6-12(15(19)20)13(17)9-16/h3-5,8,12-13,17H,2,6-7,9H2,1H3,(H,19,20)/t12-,13+/m0/s1. The average molecular weight is 293 g/mol. The smallest absolute Gasteiger partial charge is 0.309 e. The van der Waals surface area contributed by atoms with Crippen molar-refractivity contribution >= 4 is 11.9 Å². The van der Waals surface area contributed by atoms with Gasteiger partial charge in [0, 0.05) is 18.7 Å². The predicted octanol–water partition coefficient (Wildman–Crippen LogP) is 0.993. The highest BCUT2D eigenvalue weighted by Crippen LogP contribution is 2.21. The number of aliphatic carboxylic acids is 1. The van der Waals surface area contributed by atoms with E-state index in [1.165, 1.54) is 4.90 Å². The van der Waals surface area contributed by atoms with Gasteiger partial charge in [0.2, 0.25) is 0 Å². The van der Waals surface area contributed by atoms with Crippen LogP contribution in [-0.4, -0.2) is 52.8 Å². The number of nitrogens with zero attached hydrogens (tertiary/aromatic N) is 1. The second-order valence-corrected chi connectivity index (χ2v) is 5.01. The Morgan fingerprint density at radius 2 is 2.19 bits per heavy atom. The predicted molar refractivity (Wildman–Crippen MR) is 75.3 cm³/mol. The Morgan fingerprint density at radius 3 is 2.81 bits per heavy atom. The summed E-state index contributed by atoms with van der Waals surface area (Å²) in [6.07, 6.45) is -0.775. The normalized spacial score (nSPS) is 21.9. The van der Waals surface area contributed by atoms with Crippen molar-refractivity contribution in [3.8, 4) is 5.75 Å². The van der Waals surface area contributed by atoms with Crippen molar-refractivity contribution in [2.24, 2.45) is 5.92 Å². The number of benzene rings is 1. The summed E-state index contributed by atoms with van der Waals surface area (Å²) < 4.78 is 5.36. The maximum Gasteiger partial charge on any atom is 0.309 e. The maximum atomic E-state index is 12.4. The van der Waals surface area contributed by atoms with Crippen molar-refractivity contribution in [2.45, 2.75) is 19.4 Å². The molecule has 6 nitrogen and oxygen atoms in total. The number of rotatable bonds is 4. The molecule has 0 unspecified atom stereocenters. The number of hydrogen-bond acceptors (Lipinski definition) is 4. The van der Waals surface area contributed by atoms with Crippen LogP contribution in [0.25, 0.3) is 0 Å². The van der Waals surface area contributed by atoms with Gasteiger partial charge >= 0.3 is 5.97 Å². The third-order valence-electron chi connectivity index (χ3n) is 3.58. The van der Waals surface area contributed by atoms with Crippen molar-refractivity contribution in [3.63, 3.8) is 0 Å². The van der Waals surface area contributed by atoms with Gasteiger partial charge < -0.3 is 19.8 Å². The van der Waals surface area contributed by atoms with Crippen molar-refractivity contribution in [1.82, 2.24) is 4.90 Å². The Morgan fingerprint density at radius 1 is 1.43 bits per heavy atom. The van der Waals surface area contributed by atoms with E-state index >= 15 is 0 Å². The van der Waals surface area contributed by atoms with Gasteiger partial charge in [-0.1, -0.05) is 6.07 Å². The summed E-state index contributed by atoms with van der Waals surface area (Å²) in [5, 5.41) is 18.8. The topological polar surface area (TPSA) is 87.1 Å². The quantitative estimate of drug-likeness (QED) is 0.864. The fourth-order valence-corrected chi connectivity index (χ4v) is 2.47. The van der Waals surface area contributed by atoms with Crippen LogP contribution in [0.1, 0.15) is 23.7 Å². The lowest BCUT2D eigenvalue weighted by atomic mass is 9.93. The third kappa shape index (κ3) is 3.52. The zero-order chi connectivity index (χ0) is 15.4. The van der Waals surface area contributed by atoms with Crippen LogP contribution in [-0.2, 0) is 4.79 Å². The Kier molecular flexibility index (Phi) is 4.80. The summed E-state index contributed by atoms with van der Waals surface area (Å²) >= 11 is 0. The summed E-state index contributed by atoms with van der Waals surface area (Å²) in [5.41, 5.74) is 0.474. The van der Waals surface area contributed by atoms with Crippen molar-refractivity contribution in [2.75, 3.05) is 19.7 Å². The zero-order valence-corrected chi connectivity index (χ0v) is 11.9. The van der Waals surface area contributed by atoms with Crippen LogP contribution in [0.15, 0.2) is 24.3 Å². The van der Waals surface area contributed by atoms with Gasteiger partial charge in [0.25, 0.3) is 5.91 Å². The van der Waals surface area contributed by atoms with E-state index in [0.717, 1.165) is 0 Å². The molecule has 1 aliphatic heterocycles. The molecule has 0 aliphatic carbocycles. The molecule has 1 aromatic carbocycles. The molecule has 1 amide bonds. The number of piperidine rings is 1. The fourth-order valence-electron chi connectivity index (χ4n) is 2.47. The van der Waals surface area contributed by atoms with Gasteiger partial charge in [-0.2, -0.15) is 0 Å². The Balaban J connectivity index is 2.07. The van der Waals surface area contributed by atoms with Crippen LogP contribution in [0.4, 0.5) is 0 Å². The number of ether oxygens (including phenoxy) is 1. The SMILES string of the molecule is CCOc1cccc(C(=O)N2CC[C@H](C(=O)O)[C@H](O)C2)c1. The minimum absolute atomic E-state index is 0.0364. The van der Waals surface area contributed by atoms with Gasteiger partial charge in [-0.25, -0.2) is 0 Å². The lowest BCUT2D eigenvalue weighted by molar-refractivity contribution is -0.148. The van der Waals surface area contributed by atoms with E-state index in [-0.39, 0.29) is 18.9 Å². The van der Waals surface area contributed by atoms with E-state index in [0.29, 0.717) is 24.5 Å². The molecule has 2 N–H and O–H groups in total. The fraction of sp³-hybridized carbons (Fsp3) is 0.467. The number of aliphatic hydroxyl groups is 1. The lowest BCUT2D eigenvalue weighted by Gasteiger charge is -2.34. The second-order valence-electron chi connectivity index (χ2n) is 5.01. The number of carbonyl (C=O) groups excluding carboxylic acids is 1. The Labute approximate surface area is 122 Å². The highest BCUT2D eigenvalue weighted by atomic mass is 16.5. The molecule has 0 radical (unpaired) electrons. The van der Waals surface area contributed by atoms with Gasteiger partial charge in [0.15, 0.2) is 0 Å². The first kappa shape index (κ1) is 15.3. The summed E-state index contributed by atoms with van der Waals surface area (Å²) in [6.45, 7) is 2.74. The van der Waals surface area contributed by atoms with E-state index in [9.17, 15) is 14.7 Å². The number of carbonyl (C=O) groups is 2. The maximum absolute atomic E-state index is 12.4.